The fourth-order valence-corrected chi connectivity index (χ4v) is 1.88. The SMILES string of the molecule is CC(C)CC(CN)C(=O)Nc1cc(F)cc([N+](=O)[O-])c1. The molecule has 3 N–H and O–H groups in total. The van der Waals surface area contributed by atoms with Crippen LogP contribution in [-0.4, -0.2) is 17.4 Å². The average molecular weight is 283 g/mol. The number of non-ortho nitro benzene ring substituents is 1. The molecule has 0 bridgehead atoms. The van der Waals surface area contributed by atoms with Gasteiger partial charge in [-0.25, -0.2) is 4.39 Å². The normalized spacial score (nSPS) is 12.2. The summed E-state index contributed by atoms with van der Waals surface area (Å²) in [6, 6.07) is 2.95. The van der Waals surface area contributed by atoms with Crippen molar-refractivity contribution in [2.45, 2.75) is 20.3 Å². The number of nitro groups is 1. The Morgan fingerprint density at radius 1 is 1.45 bits per heavy atom. The molecule has 0 aliphatic rings. The van der Waals surface area contributed by atoms with Crippen molar-refractivity contribution < 1.29 is 14.1 Å². The molecular formula is C13H18FN3O3. The van der Waals surface area contributed by atoms with Gasteiger partial charge >= 0.3 is 0 Å². The van der Waals surface area contributed by atoms with Gasteiger partial charge in [-0.15, -0.1) is 0 Å². The Bertz CT molecular complexity index is 506. The van der Waals surface area contributed by atoms with Gasteiger partial charge in [0, 0.05) is 12.6 Å². The van der Waals surface area contributed by atoms with E-state index in [9.17, 15) is 19.3 Å². The molecule has 7 heteroatoms. The minimum atomic E-state index is -0.775. The van der Waals surface area contributed by atoms with Crippen LogP contribution in [0.15, 0.2) is 18.2 Å². The third kappa shape index (κ3) is 4.58. The Morgan fingerprint density at radius 2 is 2.10 bits per heavy atom. The van der Waals surface area contributed by atoms with Gasteiger partial charge in [-0.1, -0.05) is 13.8 Å². The van der Waals surface area contributed by atoms with Crippen LogP contribution in [-0.2, 0) is 4.79 Å². The van der Waals surface area contributed by atoms with E-state index >= 15 is 0 Å². The number of hydrogen-bond donors (Lipinski definition) is 2. The Balaban J connectivity index is 2.86. The molecule has 6 nitrogen and oxygen atoms in total. The smallest absolute Gasteiger partial charge is 0.274 e. The Hall–Kier alpha value is -2.02. The molecule has 1 aromatic rings. The molecule has 1 unspecified atom stereocenters. The highest BCUT2D eigenvalue weighted by molar-refractivity contribution is 5.93. The van der Waals surface area contributed by atoms with Gasteiger partial charge in [-0.05, 0) is 18.4 Å². The van der Waals surface area contributed by atoms with E-state index in [-0.39, 0.29) is 24.1 Å². The van der Waals surface area contributed by atoms with Crippen LogP contribution >= 0.6 is 0 Å². The Morgan fingerprint density at radius 3 is 2.60 bits per heavy atom. The van der Waals surface area contributed by atoms with Gasteiger partial charge in [0.25, 0.3) is 5.69 Å². The zero-order chi connectivity index (χ0) is 15.3. The number of anilines is 1. The van der Waals surface area contributed by atoms with E-state index in [0.717, 1.165) is 18.2 Å². The number of carbonyl (C=O) groups excluding carboxylic acids is 1. The second kappa shape index (κ2) is 6.95. The summed E-state index contributed by atoms with van der Waals surface area (Å²) in [6.07, 6.45) is 0.597. The number of benzene rings is 1. The number of carbonyl (C=O) groups is 1. The van der Waals surface area contributed by atoms with Gasteiger partial charge in [0.1, 0.15) is 5.82 Å². The first-order valence-electron chi connectivity index (χ1n) is 6.29. The molecule has 0 aliphatic carbocycles. The number of nitrogens with one attached hydrogen (secondary N) is 1. The van der Waals surface area contributed by atoms with Crippen molar-refractivity contribution >= 4 is 17.3 Å². The zero-order valence-electron chi connectivity index (χ0n) is 11.4. The number of amides is 1. The molecule has 0 radical (unpaired) electrons. The lowest BCUT2D eigenvalue weighted by molar-refractivity contribution is -0.385. The first-order valence-corrected chi connectivity index (χ1v) is 6.29. The van der Waals surface area contributed by atoms with Crippen molar-refractivity contribution in [3.63, 3.8) is 0 Å². The first-order chi connectivity index (χ1) is 9.33. The summed E-state index contributed by atoms with van der Waals surface area (Å²) < 4.78 is 13.3. The van der Waals surface area contributed by atoms with E-state index in [1.807, 2.05) is 13.8 Å². The maximum absolute atomic E-state index is 13.3. The first kappa shape index (κ1) is 16.0. The molecule has 1 rings (SSSR count). The molecule has 1 aromatic carbocycles. The van der Waals surface area contributed by atoms with Crippen LogP contribution in [0.25, 0.3) is 0 Å². The second-order valence-electron chi connectivity index (χ2n) is 5.01. The fourth-order valence-electron chi connectivity index (χ4n) is 1.88. The molecule has 0 saturated carbocycles. The van der Waals surface area contributed by atoms with E-state index in [4.69, 9.17) is 5.73 Å². The largest absolute Gasteiger partial charge is 0.330 e. The Labute approximate surface area is 116 Å². The molecule has 0 aliphatic heterocycles. The number of hydrogen-bond acceptors (Lipinski definition) is 4. The molecule has 1 atom stereocenters. The summed E-state index contributed by atoms with van der Waals surface area (Å²) in [4.78, 5) is 21.9. The molecule has 1 amide bonds. The lowest BCUT2D eigenvalue weighted by atomic mass is 9.96. The van der Waals surface area contributed by atoms with E-state index in [1.165, 1.54) is 0 Å². The van der Waals surface area contributed by atoms with Crippen molar-refractivity contribution in [2.75, 3.05) is 11.9 Å². The maximum Gasteiger partial charge on any atom is 0.274 e. The van der Waals surface area contributed by atoms with Crippen LogP contribution in [0.5, 0.6) is 0 Å². The maximum atomic E-state index is 13.3. The highest BCUT2D eigenvalue weighted by Gasteiger charge is 2.19. The zero-order valence-corrected chi connectivity index (χ0v) is 11.4. The van der Waals surface area contributed by atoms with Crippen molar-refractivity contribution in [3.8, 4) is 0 Å². The summed E-state index contributed by atoms with van der Waals surface area (Å²) in [7, 11) is 0. The summed E-state index contributed by atoms with van der Waals surface area (Å²) in [6.45, 7) is 4.09. The molecule has 0 aromatic heterocycles. The van der Waals surface area contributed by atoms with Gasteiger partial charge in [-0.3, -0.25) is 14.9 Å². The molecule has 0 fully saturated rings. The van der Waals surface area contributed by atoms with E-state index < -0.39 is 22.3 Å². The lowest BCUT2D eigenvalue weighted by Gasteiger charge is -2.16. The molecule has 20 heavy (non-hydrogen) atoms. The molecule has 0 saturated heterocycles. The highest BCUT2D eigenvalue weighted by atomic mass is 19.1. The van der Waals surface area contributed by atoms with Crippen molar-refractivity contribution in [1.29, 1.82) is 0 Å². The topological polar surface area (TPSA) is 98.3 Å². The van der Waals surface area contributed by atoms with Gasteiger partial charge < -0.3 is 11.1 Å². The monoisotopic (exact) mass is 283 g/mol. The molecular weight excluding hydrogens is 265 g/mol. The van der Waals surface area contributed by atoms with Crippen LogP contribution < -0.4 is 11.1 Å². The number of halogens is 1. The van der Waals surface area contributed by atoms with Crippen molar-refractivity contribution in [2.24, 2.45) is 17.6 Å². The van der Waals surface area contributed by atoms with Crippen LogP contribution in [0.3, 0.4) is 0 Å². The summed E-state index contributed by atoms with van der Waals surface area (Å²) in [5.41, 5.74) is 5.19. The van der Waals surface area contributed by atoms with Gasteiger partial charge in [0.05, 0.1) is 22.6 Å². The number of nitrogens with two attached hydrogens (primary N) is 1. The van der Waals surface area contributed by atoms with Crippen molar-refractivity contribution in [1.82, 2.24) is 0 Å². The van der Waals surface area contributed by atoms with Gasteiger partial charge in [-0.2, -0.15) is 0 Å². The molecule has 0 spiro atoms. The average Bonchev–Trinajstić information content (AvgIpc) is 2.34. The predicted molar refractivity (Wildman–Crippen MR) is 73.7 cm³/mol. The fraction of sp³-hybridized carbons (Fsp3) is 0.462. The number of nitrogens with zero attached hydrogens (tertiary/aromatic N) is 1. The second-order valence-corrected chi connectivity index (χ2v) is 5.01. The van der Waals surface area contributed by atoms with Crippen LogP contribution in [0.2, 0.25) is 0 Å². The van der Waals surface area contributed by atoms with Crippen LogP contribution in [0.1, 0.15) is 20.3 Å². The standard InChI is InChI=1S/C13H18FN3O3/c1-8(2)3-9(7-15)13(18)16-11-4-10(14)5-12(6-11)17(19)20/h4-6,8-9H,3,7,15H2,1-2H3,(H,16,18). The Kier molecular flexibility index (Phi) is 5.57. The summed E-state index contributed by atoms with van der Waals surface area (Å²) in [5.74, 6) is -1.25. The van der Waals surface area contributed by atoms with Crippen LogP contribution in [0.4, 0.5) is 15.8 Å². The molecule has 110 valence electrons. The van der Waals surface area contributed by atoms with Crippen molar-refractivity contribution in [3.05, 3.63) is 34.1 Å². The number of rotatable bonds is 6. The summed E-state index contributed by atoms with van der Waals surface area (Å²) in [5, 5.41) is 13.1. The summed E-state index contributed by atoms with van der Waals surface area (Å²) >= 11 is 0. The van der Waals surface area contributed by atoms with Gasteiger partial charge in [0.15, 0.2) is 0 Å². The van der Waals surface area contributed by atoms with E-state index in [2.05, 4.69) is 5.32 Å². The minimum Gasteiger partial charge on any atom is -0.330 e. The molecule has 0 heterocycles. The third-order valence-electron chi connectivity index (χ3n) is 2.77. The van der Waals surface area contributed by atoms with Crippen LogP contribution in [0, 0.1) is 27.8 Å². The van der Waals surface area contributed by atoms with E-state index in [0.29, 0.717) is 6.42 Å². The quantitative estimate of drug-likeness (QED) is 0.618. The number of nitro benzene ring substituents is 1. The highest BCUT2D eigenvalue weighted by Crippen LogP contribution is 2.21. The third-order valence-corrected chi connectivity index (χ3v) is 2.77. The predicted octanol–water partition coefficient (Wildman–Crippen LogP) is 2.29. The van der Waals surface area contributed by atoms with E-state index in [1.54, 1.807) is 0 Å². The lowest BCUT2D eigenvalue weighted by Crippen LogP contribution is -2.30. The van der Waals surface area contributed by atoms with Gasteiger partial charge in [0.2, 0.25) is 5.91 Å². The minimum absolute atomic E-state index is 0.0592.